The van der Waals surface area contributed by atoms with Crippen molar-refractivity contribution in [3.05, 3.63) is 106 Å². The summed E-state index contributed by atoms with van der Waals surface area (Å²) < 4.78 is 31.6. The zero-order chi connectivity index (χ0) is 44.2. The highest BCUT2D eigenvalue weighted by molar-refractivity contribution is 7.90. The predicted octanol–water partition coefficient (Wildman–Crippen LogP) is 9.03. The Balaban J connectivity index is 0.886. The number of sulfonamides is 1. The lowest BCUT2D eigenvalue weighted by Crippen LogP contribution is -2.55. The summed E-state index contributed by atoms with van der Waals surface area (Å²) in [6.45, 7) is 7.98. The van der Waals surface area contributed by atoms with Crippen LogP contribution in [0.2, 0.25) is 0 Å². The Morgan fingerprint density at radius 1 is 0.969 bits per heavy atom. The van der Waals surface area contributed by atoms with Crippen molar-refractivity contribution in [3.63, 3.8) is 0 Å². The standard InChI is InChI=1S/C48H56N10O5S/c1-31(2)37-11-6-7-12-38(37)41-13-8-20-56(41)35-26-48(27-35)17-21-55(22-18-48)34-14-15-39(42(24-34)57-43-23-33-16-19-49-45(33)53-40(43)30-52-57)47(59)54-64(62,63)36-25-44(58(60)61)46(51-29-36)50-28-32-9-4-3-5-10-32/h6-7,11-12,14-16,19,23-25,29-32,35,41,52H,3-5,8-10,13,17-18,20-22,26-28H2,1-2H3,(H,50,51)(H,54,59)/t41-/m1/s1. The van der Waals surface area contributed by atoms with Gasteiger partial charge in [0.15, 0.2) is 5.65 Å². The maximum absolute atomic E-state index is 14.2. The number of fused-ring (bicyclic) bond motifs is 2. The average molecular weight is 885 g/mol. The molecule has 2 aromatic carbocycles. The number of likely N-dealkylation sites (tertiary alicyclic amines) is 1. The van der Waals surface area contributed by atoms with Crippen molar-refractivity contribution in [2.45, 2.75) is 107 Å². The van der Waals surface area contributed by atoms with Crippen molar-refractivity contribution < 1.29 is 18.1 Å². The lowest BCUT2D eigenvalue weighted by Gasteiger charge is -2.56. The molecular formula is C48H56N10O5S. The van der Waals surface area contributed by atoms with E-state index in [4.69, 9.17) is 4.98 Å². The predicted molar refractivity (Wildman–Crippen MR) is 247 cm³/mol. The van der Waals surface area contributed by atoms with Crippen LogP contribution in [0.25, 0.3) is 27.8 Å². The minimum Gasteiger partial charge on any atom is -0.371 e. The summed E-state index contributed by atoms with van der Waals surface area (Å²) in [5, 5.41) is 19.3. The molecule has 1 atom stereocenters. The Morgan fingerprint density at radius 2 is 1.77 bits per heavy atom. The van der Waals surface area contributed by atoms with Gasteiger partial charge in [0, 0.05) is 61.3 Å². The van der Waals surface area contributed by atoms with Crippen molar-refractivity contribution in [1.29, 1.82) is 0 Å². The first kappa shape index (κ1) is 42.1. The normalized spacial score (nSPS) is 19.7. The van der Waals surface area contributed by atoms with E-state index < -0.39 is 31.4 Å². The molecule has 0 radical (unpaired) electrons. The molecule has 16 heteroatoms. The number of aromatic nitrogens is 5. The van der Waals surface area contributed by atoms with Gasteiger partial charge in [0.1, 0.15) is 10.4 Å². The first-order chi connectivity index (χ1) is 30.9. The molecule has 6 aromatic rings. The number of nitrogens with zero attached hydrogens (tertiary/aromatic N) is 7. The minimum absolute atomic E-state index is 0.000681. The summed E-state index contributed by atoms with van der Waals surface area (Å²) in [5.74, 6) is -0.0274. The second-order valence-corrected chi connectivity index (χ2v) is 20.6. The van der Waals surface area contributed by atoms with Crippen LogP contribution in [0.15, 0.2) is 84.1 Å². The fourth-order valence-corrected chi connectivity index (χ4v) is 12.1. The van der Waals surface area contributed by atoms with Crippen LogP contribution in [0.3, 0.4) is 0 Å². The van der Waals surface area contributed by atoms with Gasteiger partial charge in [0.25, 0.3) is 15.9 Å². The van der Waals surface area contributed by atoms with Crippen molar-refractivity contribution in [2.24, 2.45) is 11.3 Å². The lowest BCUT2D eigenvalue weighted by atomic mass is 9.59. The van der Waals surface area contributed by atoms with Crippen molar-refractivity contribution in [2.75, 3.05) is 36.4 Å². The van der Waals surface area contributed by atoms with Gasteiger partial charge in [0.2, 0.25) is 5.82 Å². The minimum atomic E-state index is -4.59. The van der Waals surface area contributed by atoms with Gasteiger partial charge in [-0.05, 0) is 117 Å². The first-order valence-electron chi connectivity index (χ1n) is 23.0. The van der Waals surface area contributed by atoms with E-state index in [1.807, 2.05) is 24.3 Å². The molecule has 1 amide bonds. The van der Waals surface area contributed by atoms with Gasteiger partial charge < -0.3 is 10.2 Å². The number of nitrogens with one attached hydrogen (secondary N) is 3. The molecule has 0 bridgehead atoms. The maximum atomic E-state index is 14.2. The summed E-state index contributed by atoms with van der Waals surface area (Å²) in [6.07, 6.45) is 16.9. The van der Waals surface area contributed by atoms with Gasteiger partial charge in [-0.1, -0.05) is 57.4 Å². The van der Waals surface area contributed by atoms with Crippen LogP contribution in [0.4, 0.5) is 17.2 Å². The van der Waals surface area contributed by atoms with Gasteiger partial charge in [-0.25, -0.2) is 28.1 Å². The summed E-state index contributed by atoms with van der Waals surface area (Å²) in [4.78, 5) is 43.6. The van der Waals surface area contributed by atoms with Crippen LogP contribution in [-0.2, 0) is 10.0 Å². The molecule has 2 aliphatic carbocycles. The lowest BCUT2D eigenvalue weighted by molar-refractivity contribution is -0.384. The topological polar surface area (TPSA) is 184 Å². The fourth-order valence-electron chi connectivity index (χ4n) is 11.2. The molecule has 2 saturated heterocycles. The van der Waals surface area contributed by atoms with Gasteiger partial charge >= 0.3 is 5.69 Å². The van der Waals surface area contributed by atoms with Gasteiger partial charge in [-0.15, -0.1) is 0 Å². The number of amides is 1. The van der Waals surface area contributed by atoms with E-state index in [0.717, 1.165) is 81.5 Å². The summed E-state index contributed by atoms with van der Waals surface area (Å²) in [7, 11) is -4.59. The maximum Gasteiger partial charge on any atom is 0.312 e. The molecule has 10 rings (SSSR count). The number of benzene rings is 2. The third-order valence-corrected chi connectivity index (χ3v) is 16.0. The summed E-state index contributed by atoms with van der Waals surface area (Å²) in [5.41, 5.74) is 6.14. The number of anilines is 2. The number of nitro groups is 1. The number of aromatic amines is 1. The molecule has 2 aliphatic heterocycles. The van der Waals surface area contributed by atoms with Gasteiger partial charge in [0.05, 0.1) is 27.9 Å². The Kier molecular flexibility index (Phi) is 11.1. The van der Waals surface area contributed by atoms with Crippen molar-refractivity contribution >= 4 is 55.2 Å². The largest absolute Gasteiger partial charge is 0.371 e. The highest BCUT2D eigenvalue weighted by Gasteiger charge is 2.50. The SMILES string of the molecule is CC(C)c1ccccc1[C@H]1CCCN1C1CC2(CCN(c3ccc(C(=O)NS(=O)(=O)c4cnc(NCC5CCCCC5)c([N+](=O)[O-])c4)c(-n4[nH]cc5nc6nccc6cc54)c3)CC2)C1. The van der Waals surface area contributed by atoms with Crippen LogP contribution < -0.4 is 14.9 Å². The number of carbonyl (C=O) groups excluding carboxylic acids is 1. The number of carbonyl (C=O) groups is 1. The molecule has 2 saturated carbocycles. The van der Waals surface area contributed by atoms with Gasteiger partial charge in [-0.2, -0.15) is 0 Å². The van der Waals surface area contributed by atoms with Gasteiger partial charge in [-0.3, -0.25) is 29.6 Å². The van der Waals surface area contributed by atoms with E-state index in [-0.39, 0.29) is 11.4 Å². The Bertz CT molecular complexity index is 2830. The second kappa shape index (κ2) is 16.9. The third-order valence-electron chi connectivity index (χ3n) is 14.7. The molecule has 15 nitrogen and oxygen atoms in total. The van der Waals surface area contributed by atoms with Crippen molar-refractivity contribution in [3.8, 4) is 5.69 Å². The van der Waals surface area contributed by atoms with Crippen LogP contribution in [0.1, 0.15) is 118 Å². The number of rotatable bonds is 12. The second-order valence-electron chi connectivity index (χ2n) is 18.9. The van der Waals surface area contributed by atoms with E-state index >= 15 is 0 Å². The Labute approximate surface area is 373 Å². The van der Waals surface area contributed by atoms with Crippen molar-refractivity contribution in [1.82, 2.24) is 34.4 Å². The molecule has 6 heterocycles. The zero-order valence-electron chi connectivity index (χ0n) is 36.5. The van der Waals surface area contributed by atoms with E-state index in [1.165, 1.54) is 43.2 Å². The molecule has 64 heavy (non-hydrogen) atoms. The quantitative estimate of drug-likeness (QED) is 0.0787. The molecule has 4 fully saturated rings. The number of hydrogen-bond acceptors (Lipinski definition) is 11. The summed E-state index contributed by atoms with van der Waals surface area (Å²) >= 11 is 0. The molecule has 4 aliphatic rings. The smallest absolute Gasteiger partial charge is 0.312 e. The average Bonchev–Trinajstić information content (AvgIpc) is 4.07. The van der Waals surface area contributed by atoms with Crippen LogP contribution in [0, 0.1) is 21.4 Å². The van der Waals surface area contributed by atoms with E-state index in [2.05, 4.69) is 73.0 Å². The molecule has 0 unspecified atom stereocenters. The zero-order valence-corrected chi connectivity index (χ0v) is 37.3. The molecular weight excluding hydrogens is 829 g/mol. The van der Waals surface area contributed by atoms with E-state index in [1.54, 1.807) is 23.1 Å². The molecule has 3 N–H and O–H groups in total. The van der Waals surface area contributed by atoms with Crippen LogP contribution in [0.5, 0.6) is 0 Å². The fraction of sp³-hybridized carbons (Fsp3) is 0.458. The highest BCUT2D eigenvalue weighted by Crippen LogP contribution is 2.54. The third kappa shape index (κ3) is 7.99. The number of piperidine rings is 1. The van der Waals surface area contributed by atoms with Crippen LogP contribution in [-0.4, -0.2) is 81.1 Å². The number of hydrogen-bond donors (Lipinski definition) is 3. The highest BCUT2D eigenvalue weighted by atomic mass is 32.2. The number of pyridine rings is 2. The first-order valence-corrected chi connectivity index (χ1v) is 24.4. The number of H-pyrrole nitrogens is 1. The van der Waals surface area contributed by atoms with Crippen LogP contribution >= 0.6 is 0 Å². The van der Waals surface area contributed by atoms with E-state index in [0.29, 0.717) is 58.2 Å². The molecule has 4 aromatic heterocycles. The molecule has 1 spiro atoms. The summed E-state index contributed by atoms with van der Waals surface area (Å²) in [6, 6.07) is 20.3. The molecule has 334 valence electrons. The Hall–Kier alpha value is -5.87. The Morgan fingerprint density at radius 3 is 2.55 bits per heavy atom. The van der Waals surface area contributed by atoms with E-state index in [9.17, 15) is 23.3 Å². The monoisotopic (exact) mass is 884 g/mol.